The summed E-state index contributed by atoms with van der Waals surface area (Å²) in [5.41, 5.74) is 1.20. The van der Waals surface area contributed by atoms with E-state index >= 15 is 0 Å². The highest BCUT2D eigenvalue weighted by atomic mass is 35.5. The molecule has 9 heteroatoms. The van der Waals surface area contributed by atoms with Gasteiger partial charge in [0.05, 0.1) is 18.2 Å². The summed E-state index contributed by atoms with van der Waals surface area (Å²) in [6.45, 7) is 3.95. The molecule has 3 rings (SSSR count). The Morgan fingerprint density at radius 2 is 2.07 bits per heavy atom. The molecule has 0 saturated carbocycles. The van der Waals surface area contributed by atoms with Crippen molar-refractivity contribution < 1.29 is 19.1 Å². The molecule has 0 aliphatic carbocycles. The number of carbonyl (C=O) groups is 3. The molecule has 1 aromatic carbocycles. The van der Waals surface area contributed by atoms with Crippen molar-refractivity contribution in [3.8, 4) is 0 Å². The van der Waals surface area contributed by atoms with Crippen LogP contribution < -0.4 is 10.2 Å². The summed E-state index contributed by atoms with van der Waals surface area (Å²) in [5.74, 6) is -1.38. The molecule has 2 amide bonds. The summed E-state index contributed by atoms with van der Waals surface area (Å²) >= 11 is 6.94. The second-order valence-corrected chi connectivity index (χ2v) is 7.46. The molecular formula is C18H18ClN3O4S. The third kappa shape index (κ3) is 4.28. The number of aromatic nitrogens is 1. The highest BCUT2D eigenvalue weighted by Crippen LogP contribution is 2.28. The van der Waals surface area contributed by atoms with E-state index in [0.29, 0.717) is 26.4 Å². The van der Waals surface area contributed by atoms with Gasteiger partial charge in [-0.2, -0.15) is 0 Å². The summed E-state index contributed by atoms with van der Waals surface area (Å²) in [4.78, 5) is 42.8. The van der Waals surface area contributed by atoms with Crippen molar-refractivity contribution >= 4 is 51.5 Å². The first-order valence-corrected chi connectivity index (χ1v) is 9.59. The molecule has 1 aliphatic rings. The maximum Gasteiger partial charge on any atom is 0.350 e. The first-order valence-electron chi connectivity index (χ1n) is 8.40. The standard InChI is InChI=1S/C18H18ClN3O4S/c1-3-26-17(25)15-10(2)20-18(27-15)21-16(24)11-8-14(23)22(9-11)13-6-4-12(19)5-7-13/h4-7,11H,3,8-9H2,1-2H3,(H,20,21,24)/t11-/m1/s1. The summed E-state index contributed by atoms with van der Waals surface area (Å²) in [6, 6.07) is 6.90. The molecule has 0 unspecified atom stereocenters. The average Bonchev–Trinajstić information content (AvgIpc) is 3.19. The Bertz CT molecular complexity index is 881. The molecule has 2 aromatic rings. The Kier molecular flexibility index (Phi) is 5.76. The van der Waals surface area contributed by atoms with Crippen molar-refractivity contribution in [2.75, 3.05) is 23.4 Å². The van der Waals surface area contributed by atoms with Crippen molar-refractivity contribution in [1.82, 2.24) is 4.98 Å². The number of rotatable bonds is 5. The number of anilines is 2. The molecule has 0 bridgehead atoms. The first kappa shape index (κ1) is 19.3. The number of thiazole rings is 1. The highest BCUT2D eigenvalue weighted by Gasteiger charge is 2.35. The molecule has 1 aromatic heterocycles. The largest absolute Gasteiger partial charge is 0.462 e. The number of amides is 2. The maximum absolute atomic E-state index is 12.5. The predicted octanol–water partition coefficient (Wildman–Crippen LogP) is 3.27. The van der Waals surface area contributed by atoms with E-state index in [4.69, 9.17) is 16.3 Å². The molecule has 7 nitrogen and oxygen atoms in total. The van der Waals surface area contributed by atoms with Gasteiger partial charge in [-0.3, -0.25) is 9.59 Å². The Morgan fingerprint density at radius 3 is 2.74 bits per heavy atom. The first-order chi connectivity index (χ1) is 12.9. The molecule has 142 valence electrons. The minimum atomic E-state index is -0.497. The van der Waals surface area contributed by atoms with Crippen LogP contribution in [0.5, 0.6) is 0 Å². The van der Waals surface area contributed by atoms with Gasteiger partial charge < -0.3 is 15.0 Å². The molecule has 1 N–H and O–H groups in total. The summed E-state index contributed by atoms with van der Waals surface area (Å²) in [5, 5.41) is 3.60. The van der Waals surface area contributed by atoms with Crippen LogP contribution in [0.25, 0.3) is 0 Å². The third-order valence-electron chi connectivity index (χ3n) is 4.12. The van der Waals surface area contributed by atoms with Crippen LogP contribution in [0.4, 0.5) is 10.8 Å². The van der Waals surface area contributed by atoms with E-state index in [9.17, 15) is 14.4 Å². The Morgan fingerprint density at radius 1 is 1.37 bits per heavy atom. The van der Waals surface area contributed by atoms with Crippen LogP contribution in [-0.2, 0) is 14.3 Å². The van der Waals surface area contributed by atoms with Gasteiger partial charge in [-0.25, -0.2) is 9.78 Å². The van der Waals surface area contributed by atoms with E-state index in [-0.39, 0.29) is 31.4 Å². The number of hydrogen-bond acceptors (Lipinski definition) is 6. The fraction of sp³-hybridized carbons (Fsp3) is 0.333. The molecule has 27 heavy (non-hydrogen) atoms. The van der Waals surface area contributed by atoms with Crippen molar-refractivity contribution in [3.05, 3.63) is 39.9 Å². The number of ether oxygens (including phenoxy) is 1. The molecule has 1 saturated heterocycles. The molecule has 1 fully saturated rings. The van der Waals surface area contributed by atoms with Crippen molar-refractivity contribution in [3.63, 3.8) is 0 Å². The summed E-state index contributed by atoms with van der Waals surface area (Å²) in [7, 11) is 0. The van der Waals surface area contributed by atoms with E-state index in [2.05, 4.69) is 10.3 Å². The maximum atomic E-state index is 12.5. The van der Waals surface area contributed by atoms with E-state index in [1.807, 2.05) is 0 Å². The normalized spacial score (nSPS) is 16.5. The minimum Gasteiger partial charge on any atom is -0.462 e. The average molecular weight is 408 g/mol. The number of aryl methyl sites for hydroxylation is 1. The topological polar surface area (TPSA) is 88.6 Å². The van der Waals surface area contributed by atoms with Crippen LogP contribution in [0.2, 0.25) is 5.02 Å². The third-order valence-corrected chi connectivity index (χ3v) is 5.43. The number of halogens is 1. The molecule has 1 atom stereocenters. The zero-order valence-electron chi connectivity index (χ0n) is 14.8. The van der Waals surface area contributed by atoms with E-state index in [0.717, 1.165) is 11.3 Å². The minimum absolute atomic E-state index is 0.115. The molecular weight excluding hydrogens is 390 g/mol. The molecule has 1 aliphatic heterocycles. The van der Waals surface area contributed by atoms with Crippen LogP contribution in [-0.4, -0.2) is 35.9 Å². The lowest BCUT2D eigenvalue weighted by Gasteiger charge is -2.16. The van der Waals surface area contributed by atoms with Crippen LogP contribution in [0.15, 0.2) is 24.3 Å². The van der Waals surface area contributed by atoms with Gasteiger partial charge >= 0.3 is 5.97 Å². The molecule has 2 heterocycles. The van der Waals surface area contributed by atoms with Gasteiger partial charge in [-0.05, 0) is 38.1 Å². The zero-order chi connectivity index (χ0) is 19.6. The van der Waals surface area contributed by atoms with Gasteiger partial charge in [0.2, 0.25) is 11.8 Å². The Balaban J connectivity index is 1.67. The number of esters is 1. The lowest BCUT2D eigenvalue weighted by Crippen LogP contribution is -2.28. The van der Waals surface area contributed by atoms with Gasteiger partial charge in [0.15, 0.2) is 5.13 Å². The number of nitrogens with one attached hydrogen (secondary N) is 1. The SMILES string of the molecule is CCOC(=O)c1sc(NC(=O)[C@@H]2CC(=O)N(c3ccc(Cl)cc3)C2)nc1C. The monoisotopic (exact) mass is 407 g/mol. The molecule has 0 radical (unpaired) electrons. The number of nitrogens with zero attached hydrogens (tertiary/aromatic N) is 2. The van der Waals surface area contributed by atoms with E-state index in [1.54, 1.807) is 43.0 Å². The quantitative estimate of drug-likeness (QED) is 0.768. The summed E-state index contributed by atoms with van der Waals surface area (Å²) < 4.78 is 4.97. The van der Waals surface area contributed by atoms with Gasteiger partial charge in [-0.1, -0.05) is 22.9 Å². The number of benzene rings is 1. The number of hydrogen-bond donors (Lipinski definition) is 1. The summed E-state index contributed by atoms with van der Waals surface area (Å²) in [6.07, 6.45) is 0.115. The van der Waals surface area contributed by atoms with Crippen molar-refractivity contribution in [2.24, 2.45) is 5.92 Å². The smallest absolute Gasteiger partial charge is 0.350 e. The van der Waals surface area contributed by atoms with E-state index < -0.39 is 11.9 Å². The fourth-order valence-corrected chi connectivity index (χ4v) is 3.79. The van der Waals surface area contributed by atoms with Crippen LogP contribution >= 0.6 is 22.9 Å². The predicted molar refractivity (Wildman–Crippen MR) is 103 cm³/mol. The van der Waals surface area contributed by atoms with Crippen LogP contribution in [0, 0.1) is 12.8 Å². The highest BCUT2D eigenvalue weighted by molar-refractivity contribution is 7.17. The van der Waals surface area contributed by atoms with Gasteiger partial charge in [-0.15, -0.1) is 0 Å². The number of carbonyl (C=O) groups excluding carboxylic acids is 3. The van der Waals surface area contributed by atoms with Crippen LogP contribution in [0.1, 0.15) is 28.7 Å². The van der Waals surface area contributed by atoms with Gasteiger partial charge in [0.25, 0.3) is 0 Å². The fourth-order valence-electron chi connectivity index (χ4n) is 2.80. The second-order valence-electron chi connectivity index (χ2n) is 6.03. The van der Waals surface area contributed by atoms with Crippen molar-refractivity contribution in [2.45, 2.75) is 20.3 Å². The van der Waals surface area contributed by atoms with Crippen molar-refractivity contribution in [1.29, 1.82) is 0 Å². The van der Waals surface area contributed by atoms with Gasteiger partial charge in [0.1, 0.15) is 4.88 Å². The zero-order valence-corrected chi connectivity index (χ0v) is 16.4. The van der Waals surface area contributed by atoms with Gasteiger partial charge in [0, 0.05) is 23.7 Å². The lowest BCUT2D eigenvalue weighted by atomic mass is 10.1. The van der Waals surface area contributed by atoms with Crippen LogP contribution in [0.3, 0.4) is 0 Å². The second kappa shape index (κ2) is 8.06. The Hall–Kier alpha value is -2.45. The van der Waals surface area contributed by atoms with E-state index in [1.165, 1.54) is 0 Å². The molecule has 0 spiro atoms. The Labute approximate surface area is 165 Å². The lowest BCUT2D eigenvalue weighted by molar-refractivity contribution is -0.122.